The number of esters is 3. The lowest BCUT2D eigenvalue weighted by Crippen LogP contribution is -2.40. The Balaban J connectivity index is 2.68. The topological polar surface area (TPSA) is 113 Å². The number of ether oxygens (including phenoxy) is 3. The van der Waals surface area contributed by atoms with E-state index in [1.165, 1.54) is 13.8 Å². The molecule has 0 N–H and O–H groups in total. The molecule has 0 heterocycles. The van der Waals surface area contributed by atoms with Crippen molar-refractivity contribution in [3.8, 4) is 0 Å². The van der Waals surface area contributed by atoms with Crippen molar-refractivity contribution in [2.45, 2.75) is 85.2 Å². The van der Waals surface area contributed by atoms with Crippen LogP contribution in [-0.2, 0) is 38.2 Å². The van der Waals surface area contributed by atoms with Gasteiger partial charge >= 0.3 is 17.9 Å². The molecule has 0 bridgehead atoms. The number of rotatable bonds is 13. The van der Waals surface area contributed by atoms with Crippen LogP contribution >= 0.6 is 0 Å². The minimum Gasteiger partial charge on any atom is -0.465 e. The molecule has 0 aromatic rings. The summed E-state index contributed by atoms with van der Waals surface area (Å²) in [7, 11) is 0. The minimum atomic E-state index is -1.61. The Morgan fingerprint density at radius 3 is 2.00 bits per heavy atom. The summed E-state index contributed by atoms with van der Waals surface area (Å²) in [5.74, 6) is -2.73. The second-order valence-corrected chi connectivity index (χ2v) is 9.26. The van der Waals surface area contributed by atoms with Gasteiger partial charge in [0.1, 0.15) is 17.7 Å². The van der Waals surface area contributed by atoms with Crippen molar-refractivity contribution in [3.63, 3.8) is 0 Å². The Hall–Kier alpha value is -2.51. The number of carbonyl (C=O) groups is 5. The van der Waals surface area contributed by atoms with E-state index in [9.17, 15) is 24.0 Å². The molecule has 0 spiro atoms. The van der Waals surface area contributed by atoms with Gasteiger partial charge in [0, 0.05) is 17.9 Å². The van der Waals surface area contributed by atoms with E-state index in [0.29, 0.717) is 0 Å². The molecule has 0 aromatic heterocycles. The molecule has 0 radical (unpaired) electrons. The summed E-state index contributed by atoms with van der Waals surface area (Å²) in [6.07, 6.45) is 4.76. The molecule has 0 atom stereocenters. The zero-order valence-electron chi connectivity index (χ0n) is 19.7. The largest absolute Gasteiger partial charge is 0.465 e. The third-order valence-corrected chi connectivity index (χ3v) is 5.80. The zero-order chi connectivity index (χ0) is 24.4. The van der Waals surface area contributed by atoms with Gasteiger partial charge in [0.05, 0.1) is 25.0 Å². The molecular formula is C24H36O8. The summed E-state index contributed by atoms with van der Waals surface area (Å²) < 4.78 is 15.7. The number of ketones is 2. The van der Waals surface area contributed by atoms with Crippen LogP contribution in [-0.4, -0.2) is 48.8 Å². The maximum atomic E-state index is 12.5. The van der Waals surface area contributed by atoms with Gasteiger partial charge in [-0.1, -0.05) is 26.8 Å². The Kier molecular flexibility index (Phi) is 10.8. The Morgan fingerprint density at radius 1 is 0.906 bits per heavy atom. The minimum absolute atomic E-state index is 0.0207. The zero-order valence-corrected chi connectivity index (χ0v) is 19.7. The fourth-order valence-electron chi connectivity index (χ4n) is 3.62. The van der Waals surface area contributed by atoms with Gasteiger partial charge in [0.15, 0.2) is 0 Å². The van der Waals surface area contributed by atoms with Gasteiger partial charge in [0.2, 0.25) is 0 Å². The molecule has 1 saturated carbocycles. The number of Topliss-reactive ketones (excluding diaryl/α,β-unsaturated/α-hetero) is 2. The Morgan fingerprint density at radius 2 is 1.47 bits per heavy atom. The smallest absolute Gasteiger partial charge is 0.330 e. The van der Waals surface area contributed by atoms with E-state index < -0.39 is 40.3 Å². The molecule has 180 valence electrons. The maximum absolute atomic E-state index is 12.5. The van der Waals surface area contributed by atoms with Gasteiger partial charge < -0.3 is 14.2 Å². The molecule has 1 aliphatic carbocycles. The van der Waals surface area contributed by atoms with Gasteiger partial charge in [-0.2, -0.15) is 0 Å². The lowest BCUT2D eigenvalue weighted by Gasteiger charge is -2.29. The van der Waals surface area contributed by atoms with E-state index in [4.69, 9.17) is 14.2 Å². The summed E-state index contributed by atoms with van der Waals surface area (Å²) in [5, 5.41) is 0. The highest BCUT2D eigenvalue weighted by Gasteiger charge is 2.43. The van der Waals surface area contributed by atoms with Gasteiger partial charge in [-0.05, 0) is 46.0 Å². The van der Waals surface area contributed by atoms with Crippen molar-refractivity contribution in [2.24, 2.45) is 10.8 Å². The standard InChI is InChI=1S/C24H36O8/c1-6-20(27)30-15-23(4,5)16-31-21(28)12-13-24(17(2)25,18(3)26)14-22(29)32-19-10-8-7-9-11-19/h6,19H,1,7-16H2,2-5H3. The predicted octanol–water partition coefficient (Wildman–Crippen LogP) is 3.50. The van der Waals surface area contributed by atoms with Crippen LogP contribution in [0.3, 0.4) is 0 Å². The molecule has 32 heavy (non-hydrogen) atoms. The average molecular weight is 453 g/mol. The number of hydrogen-bond donors (Lipinski definition) is 0. The van der Waals surface area contributed by atoms with Gasteiger partial charge in [-0.3, -0.25) is 19.2 Å². The van der Waals surface area contributed by atoms with Crippen molar-refractivity contribution in [1.82, 2.24) is 0 Å². The van der Waals surface area contributed by atoms with E-state index in [1.807, 2.05) is 0 Å². The molecule has 1 fully saturated rings. The first-order valence-corrected chi connectivity index (χ1v) is 11.1. The summed E-state index contributed by atoms with van der Waals surface area (Å²) in [6, 6.07) is 0. The lowest BCUT2D eigenvalue weighted by molar-refractivity contribution is -0.160. The molecular weight excluding hydrogens is 416 g/mol. The second-order valence-electron chi connectivity index (χ2n) is 9.26. The van der Waals surface area contributed by atoms with Crippen LogP contribution in [0.25, 0.3) is 0 Å². The van der Waals surface area contributed by atoms with E-state index >= 15 is 0 Å². The van der Waals surface area contributed by atoms with Crippen LogP contribution in [0.5, 0.6) is 0 Å². The summed E-state index contributed by atoms with van der Waals surface area (Å²) >= 11 is 0. The van der Waals surface area contributed by atoms with Crippen molar-refractivity contribution in [2.75, 3.05) is 13.2 Å². The Labute approximate surface area is 190 Å². The monoisotopic (exact) mass is 452 g/mol. The van der Waals surface area contributed by atoms with Crippen LogP contribution in [0.2, 0.25) is 0 Å². The highest BCUT2D eigenvalue weighted by atomic mass is 16.6. The molecule has 0 aromatic carbocycles. The van der Waals surface area contributed by atoms with Crippen LogP contribution in [0.4, 0.5) is 0 Å². The predicted molar refractivity (Wildman–Crippen MR) is 117 cm³/mol. The molecule has 0 saturated heterocycles. The SMILES string of the molecule is C=CC(=O)OCC(C)(C)COC(=O)CCC(CC(=O)OC1CCCCC1)(C(C)=O)C(C)=O. The number of carbonyl (C=O) groups excluding carboxylic acids is 5. The van der Waals surface area contributed by atoms with E-state index in [2.05, 4.69) is 6.58 Å². The first-order valence-electron chi connectivity index (χ1n) is 11.1. The normalized spacial score (nSPS) is 14.9. The van der Waals surface area contributed by atoms with Crippen molar-refractivity contribution >= 4 is 29.5 Å². The van der Waals surface area contributed by atoms with Crippen LogP contribution < -0.4 is 0 Å². The first kappa shape index (κ1) is 27.5. The first-order chi connectivity index (χ1) is 14.9. The molecule has 0 amide bonds. The molecule has 1 aliphatic rings. The molecule has 8 nitrogen and oxygen atoms in total. The second kappa shape index (κ2) is 12.5. The lowest BCUT2D eigenvalue weighted by atomic mass is 9.73. The van der Waals surface area contributed by atoms with Crippen LogP contribution in [0.15, 0.2) is 12.7 Å². The Bertz CT molecular complexity index is 702. The van der Waals surface area contributed by atoms with E-state index in [-0.39, 0.29) is 38.6 Å². The van der Waals surface area contributed by atoms with Crippen LogP contribution in [0, 0.1) is 10.8 Å². The highest BCUT2D eigenvalue weighted by Crippen LogP contribution is 2.33. The van der Waals surface area contributed by atoms with Gasteiger partial charge in [0.25, 0.3) is 0 Å². The third kappa shape index (κ3) is 8.93. The van der Waals surface area contributed by atoms with Gasteiger partial charge in [-0.15, -0.1) is 0 Å². The average Bonchev–Trinajstić information content (AvgIpc) is 2.73. The summed E-state index contributed by atoms with van der Waals surface area (Å²) in [6.45, 7) is 9.34. The van der Waals surface area contributed by atoms with E-state index in [1.54, 1.807) is 13.8 Å². The molecule has 0 unspecified atom stereocenters. The van der Waals surface area contributed by atoms with Crippen LogP contribution in [0.1, 0.15) is 79.1 Å². The van der Waals surface area contributed by atoms with Crippen molar-refractivity contribution < 1.29 is 38.2 Å². The van der Waals surface area contributed by atoms with E-state index in [0.717, 1.165) is 38.2 Å². The highest BCUT2D eigenvalue weighted by molar-refractivity contribution is 6.07. The van der Waals surface area contributed by atoms with Gasteiger partial charge in [-0.25, -0.2) is 4.79 Å². The fourth-order valence-corrected chi connectivity index (χ4v) is 3.62. The van der Waals surface area contributed by atoms with Crippen molar-refractivity contribution in [3.05, 3.63) is 12.7 Å². The molecule has 8 heteroatoms. The molecule has 1 rings (SSSR count). The number of hydrogen-bond acceptors (Lipinski definition) is 8. The van der Waals surface area contributed by atoms with Crippen molar-refractivity contribution in [1.29, 1.82) is 0 Å². The molecule has 0 aliphatic heterocycles. The fraction of sp³-hybridized carbons (Fsp3) is 0.708. The summed E-state index contributed by atoms with van der Waals surface area (Å²) in [4.78, 5) is 60.8. The third-order valence-electron chi connectivity index (χ3n) is 5.80. The maximum Gasteiger partial charge on any atom is 0.330 e. The quantitative estimate of drug-likeness (QED) is 0.181. The summed E-state index contributed by atoms with van der Waals surface area (Å²) in [5.41, 5.74) is -2.24.